The fraction of sp³-hybridized carbons (Fsp3) is 0.462. The van der Waals surface area contributed by atoms with Crippen LogP contribution in [0, 0.1) is 0 Å². The number of hydrogen-bond acceptors (Lipinski definition) is 1. The molecule has 2 nitrogen and oxygen atoms in total. The SMILES string of the molecule is CCCCCc1c(CCl)cccc1C(=O)O. The lowest BCUT2D eigenvalue weighted by Crippen LogP contribution is -2.05. The molecular weight excluding hydrogens is 224 g/mol. The van der Waals surface area contributed by atoms with Gasteiger partial charge in [0.05, 0.1) is 5.56 Å². The molecule has 1 N–H and O–H groups in total. The minimum Gasteiger partial charge on any atom is -0.478 e. The molecule has 0 aromatic heterocycles. The quantitative estimate of drug-likeness (QED) is 0.606. The smallest absolute Gasteiger partial charge is 0.335 e. The van der Waals surface area contributed by atoms with Crippen LogP contribution in [0.25, 0.3) is 0 Å². The van der Waals surface area contributed by atoms with Crippen LogP contribution in [0.15, 0.2) is 18.2 Å². The number of alkyl halides is 1. The Morgan fingerprint density at radius 1 is 1.38 bits per heavy atom. The zero-order valence-electron chi connectivity index (χ0n) is 9.50. The minimum atomic E-state index is -0.863. The van der Waals surface area contributed by atoms with Crippen molar-refractivity contribution in [1.82, 2.24) is 0 Å². The van der Waals surface area contributed by atoms with Crippen molar-refractivity contribution in [2.24, 2.45) is 0 Å². The number of unbranched alkanes of at least 4 members (excludes halogenated alkanes) is 2. The number of carboxylic acid groups (broad SMARTS) is 1. The molecule has 1 rings (SSSR count). The van der Waals surface area contributed by atoms with E-state index in [1.165, 1.54) is 0 Å². The number of benzene rings is 1. The van der Waals surface area contributed by atoms with Crippen LogP contribution in [-0.2, 0) is 12.3 Å². The predicted octanol–water partition coefficient (Wildman–Crippen LogP) is 3.86. The molecule has 0 saturated carbocycles. The van der Waals surface area contributed by atoms with E-state index < -0.39 is 5.97 Å². The summed E-state index contributed by atoms with van der Waals surface area (Å²) >= 11 is 5.83. The lowest BCUT2D eigenvalue weighted by molar-refractivity contribution is 0.0695. The third kappa shape index (κ3) is 3.24. The maximum absolute atomic E-state index is 11.1. The predicted molar refractivity (Wildman–Crippen MR) is 66.2 cm³/mol. The normalized spacial score (nSPS) is 10.4. The summed E-state index contributed by atoms with van der Waals surface area (Å²) in [4.78, 5) is 11.1. The number of rotatable bonds is 6. The summed E-state index contributed by atoms with van der Waals surface area (Å²) in [5.74, 6) is -0.485. The molecule has 0 heterocycles. The number of aromatic carboxylic acids is 1. The molecule has 3 heteroatoms. The summed E-state index contributed by atoms with van der Waals surface area (Å²) in [5, 5.41) is 9.10. The summed E-state index contributed by atoms with van der Waals surface area (Å²) in [5.41, 5.74) is 2.24. The monoisotopic (exact) mass is 240 g/mol. The van der Waals surface area contributed by atoms with Gasteiger partial charge in [0.25, 0.3) is 0 Å². The summed E-state index contributed by atoms with van der Waals surface area (Å²) in [6, 6.07) is 5.31. The first-order valence-corrected chi connectivity index (χ1v) is 6.14. The standard InChI is InChI=1S/C13H17ClO2/c1-2-3-4-7-11-10(9-14)6-5-8-12(11)13(15)16/h5-6,8H,2-4,7,9H2,1H3,(H,15,16). The van der Waals surface area contributed by atoms with Gasteiger partial charge in [0.2, 0.25) is 0 Å². The second-order valence-electron chi connectivity index (χ2n) is 3.84. The molecule has 0 atom stereocenters. The number of carbonyl (C=O) groups is 1. The van der Waals surface area contributed by atoms with Gasteiger partial charge in [-0.25, -0.2) is 4.79 Å². The molecule has 16 heavy (non-hydrogen) atoms. The van der Waals surface area contributed by atoms with Crippen molar-refractivity contribution in [1.29, 1.82) is 0 Å². The van der Waals surface area contributed by atoms with Crippen molar-refractivity contribution in [2.45, 2.75) is 38.5 Å². The molecule has 0 spiro atoms. The molecule has 0 radical (unpaired) electrons. The summed E-state index contributed by atoms with van der Waals surface area (Å²) in [6.07, 6.45) is 4.07. The van der Waals surface area contributed by atoms with Crippen LogP contribution in [0.4, 0.5) is 0 Å². The molecule has 0 amide bonds. The van der Waals surface area contributed by atoms with Gasteiger partial charge in [-0.2, -0.15) is 0 Å². The first-order valence-electron chi connectivity index (χ1n) is 5.60. The molecule has 0 aliphatic carbocycles. The summed E-state index contributed by atoms with van der Waals surface area (Å²) < 4.78 is 0. The fourth-order valence-electron chi connectivity index (χ4n) is 1.81. The van der Waals surface area contributed by atoms with Crippen molar-refractivity contribution in [3.8, 4) is 0 Å². The van der Waals surface area contributed by atoms with Gasteiger partial charge in [0.15, 0.2) is 0 Å². The Bertz CT molecular complexity index is 361. The largest absolute Gasteiger partial charge is 0.478 e. The second-order valence-corrected chi connectivity index (χ2v) is 4.11. The number of halogens is 1. The number of hydrogen-bond donors (Lipinski definition) is 1. The van der Waals surface area contributed by atoms with Crippen LogP contribution >= 0.6 is 11.6 Å². The zero-order chi connectivity index (χ0) is 12.0. The Balaban J connectivity index is 2.95. The number of carboxylic acids is 1. The van der Waals surface area contributed by atoms with Crippen LogP contribution in [0.3, 0.4) is 0 Å². The Morgan fingerprint density at radius 2 is 2.12 bits per heavy atom. The average molecular weight is 241 g/mol. The second kappa shape index (κ2) is 6.54. The Hall–Kier alpha value is -1.02. The van der Waals surface area contributed by atoms with Crippen LogP contribution in [0.5, 0.6) is 0 Å². The first-order chi connectivity index (χ1) is 7.70. The van der Waals surface area contributed by atoms with Gasteiger partial charge in [-0.05, 0) is 30.0 Å². The summed E-state index contributed by atoms with van der Waals surface area (Å²) in [7, 11) is 0. The molecule has 1 aromatic carbocycles. The highest BCUT2D eigenvalue weighted by Gasteiger charge is 2.12. The van der Waals surface area contributed by atoms with E-state index in [-0.39, 0.29) is 0 Å². The maximum atomic E-state index is 11.1. The molecule has 0 fully saturated rings. The summed E-state index contributed by atoms with van der Waals surface area (Å²) in [6.45, 7) is 2.13. The van der Waals surface area contributed by atoms with Gasteiger partial charge in [0.1, 0.15) is 0 Å². The lowest BCUT2D eigenvalue weighted by Gasteiger charge is -2.10. The Morgan fingerprint density at radius 3 is 2.69 bits per heavy atom. The fourth-order valence-corrected chi connectivity index (χ4v) is 2.06. The van der Waals surface area contributed by atoms with E-state index in [0.717, 1.165) is 36.8 Å². The van der Waals surface area contributed by atoms with Crippen molar-refractivity contribution >= 4 is 17.6 Å². The molecule has 88 valence electrons. The van der Waals surface area contributed by atoms with E-state index >= 15 is 0 Å². The third-order valence-electron chi connectivity index (χ3n) is 2.68. The molecule has 0 unspecified atom stereocenters. The van der Waals surface area contributed by atoms with E-state index in [4.69, 9.17) is 16.7 Å². The highest BCUT2D eigenvalue weighted by Crippen LogP contribution is 2.20. The van der Waals surface area contributed by atoms with E-state index in [2.05, 4.69) is 6.92 Å². The molecule has 1 aromatic rings. The first kappa shape index (κ1) is 13.0. The van der Waals surface area contributed by atoms with Crippen molar-refractivity contribution < 1.29 is 9.90 Å². The van der Waals surface area contributed by atoms with Crippen molar-refractivity contribution in [2.75, 3.05) is 0 Å². The van der Waals surface area contributed by atoms with Gasteiger partial charge in [-0.1, -0.05) is 31.9 Å². The van der Waals surface area contributed by atoms with Gasteiger partial charge in [-0.15, -0.1) is 11.6 Å². The van der Waals surface area contributed by atoms with Crippen LogP contribution < -0.4 is 0 Å². The van der Waals surface area contributed by atoms with Crippen LogP contribution in [0.2, 0.25) is 0 Å². The maximum Gasteiger partial charge on any atom is 0.335 e. The molecule has 0 saturated heterocycles. The molecule has 0 aliphatic heterocycles. The molecule has 0 aliphatic rings. The van der Waals surface area contributed by atoms with Crippen LogP contribution in [-0.4, -0.2) is 11.1 Å². The van der Waals surface area contributed by atoms with Crippen molar-refractivity contribution in [3.05, 3.63) is 34.9 Å². The Kier molecular flexibility index (Phi) is 5.33. The molecule has 0 bridgehead atoms. The minimum absolute atomic E-state index is 0.378. The zero-order valence-corrected chi connectivity index (χ0v) is 10.3. The van der Waals surface area contributed by atoms with E-state index in [1.54, 1.807) is 12.1 Å². The van der Waals surface area contributed by atoms with Crippen molar-refractivity contribution in [3.63, 3.8) is 0 Å². The Labute approximate surface area is 101 Å². The van der Waals surface area contributed by atoms with E-state index in [0.29, 0.717) is 11.4 Å². The average Bonchev–Trinajstić information content (AvgIpc) is 2.29. The van der Waals surface area contributed by atoms with E-state index in [9.17, 15) is 4.79 Å². The van der Waals surface area contributed by atoms with Gasteiger partial charge in [0, 0.05) is 5.88 Å². The van der Waals surface area contributed by atoms with Crippen LogP contribution in [0.1, 0.15) is 47.7 Å². The van der Waals surface area contributed by atoms with Gasteiger partial charge < -0.3 is 5.11 Å². The van der Waals surface area contributed by atoms with E-state index in [1.807, 2.05) is 6.07 Å². The van der Waals surface area contributed by atoms with Gasteiger partial charge >= 0.3 is 5.97 Å². The van der Waals surface area contributed by atoms with Gasteiger partial charge in [-0.3, -0.25) is 0 Å². The highest BCUT2D eigenvalue weighted by atomic mass is 35.5. The topological polar surface area (TPSA) is 37.3 Å². The molecular formula is C13H17ClO2. The lowest BCUT2D eigenvalue weighted by atomic mass is 9.96. The highest BCUT2D eigenvalue weighted by molar-refractivity contribution is 6.17. The third-order valence-corrected chi connectivity index (χ3v) is 2.97.